The number of nitrogens with zero attached hydrogens (tertiary/aromatic N) is 6. The molecule has 2 aliphatic rings. The van der Waals surface area contributed by atoms with Crippen LogP contribution >= 0.6 is 0 Å². The highest BCUT2D eigenvalue weighted by molar-refractivity contribution is 5.79. The molecule has 0 atom stereocenters. The number of likely N-dealkylation sites (tertiary alicyclic amines) is 1. The molecule has 2 rings (SSSR count). The molecule has 0 aromatic heterocycles. The van der Waals surface area contributed by atoms with Gasteiger partial charge in [-0.2, -0.15) is 10.5 Å². The Morgan fingerprint density at radius 3 is 1.81 bits per heavy atom. The molecule has 0 saturated carbocycles. The molecule has 0 N–H and O–H groups in total. The average Bonchev–Trinajstić information content (AvgIpc) is 3.18. The molecule has 0 aromatic rings. The van der Waals surface area contributed by atoms with Gasteiger partial charge in [0.15, 0.2) is 0 Å². The SMILES string of the molecule is N#CCCN(CCC#N)C(=O)CN1CCN(CC(=O)N2CCCC2)CC1. The number of hydrogen-bond donors (Lipinski definition) is 0. The summed E-state index contributed by atoms with van der Waals surface area (Å²) in [5, 5.41) is 17.4. The maximum atomic E-state index is 12.4. The van der Waals surface area contributed by atoms with Gasteiger partial charge < -0.3 is 9.80 Å². The third-order valence-electron chi connectivity index (χ3n) is 4.98. The first kappa shape index (κ1) is 20.2. The molecule has 142 valence electrons. The lowest BCUT2D eigenvalue weighted by molar-refractivity contribution is -0.134. The van der Waals surface area contributed by atoms with Crippen LogP contribution in [0.3, 0.4) is 0 Å². The van der Waals surface area contributed by atoms with Crippen molar-refractivity contribution in [1.82, 2.24) is 19.6 Å². The van der Waals surface area contributed by atoms with Crippen LogP contribution in [0.4, 0.5) is 0 Å². The van der Waals surface area contributed by atoms with Gasteiger partial charge in [-0.05, 0) is 12.8 Å². The van der Waals surface area contributed by atoms with Crippen LogP contribution in [0, 0.1) is 22.7 Å². The molecule has 2 amide bonds. The quantitative estimate of drug-likeness (QED) is 0.599. The van der Waals surface area contributed by atoms with Gasteiger partial charge in [0, 0.05) is 52.4 Å². The Kier molecular flexibility index (Phi) is 8.33. The Labute approximate surface area is 155 Å². The molecule has 2 heterocycles. The molecule has 8 nitrogen and oxygen atoms in total. The molecule has 8 heteroatoms. The van der Waals surface area contributed by atoms with Gasteiger partial charge in [0.2, 0.25) is 11.8 Å². The smallest absolute Gasteiger partial charge is 0.236 e. The second-order valence-electron chi connectivity index (χ2n) is 6.84. The minimum atomic E-state index is -0.0305. The van der Waals surface area contributed by atoms with Gasteiger partial charge in [-0.15, -0.1) is 0 Å². The molecule has 26 heavy (non-hydrogen) atoms. The summed E-state index contributed by atoms with van der Waals surface area (Å²) in [5.41, 5.74) is 0. The van der Waals surface area contributed by atoms with E-state index in [2.05, 4.69) is 9.80 Å². The van der Waals surface area contributed by atoms with Crippen molar-refractivity contribution in [1.29, 1.82) is 10.5 Å². The van der Waals surface area contributed by atoms with E-state index in [-0.39, 0.29) is 24.7 Å². The number of hydrogen-bond acceptors (Lipinski definition) is 6. The Morgan fingerprint density at radius 2 is 1.31 bits per heavy atom. The fourth-order valence-electron chi connectivity index (χ4n) is 3.39. The van der Waals surface area contributed by atoms with E-state index in [1.54, 1.807) is 4.90 Å². The summed E-state index contributed by atoms with van der Waals surface area (Å²) >= 11 is 0. The summed E-state index contributed by atoms with van der Waals surface area (Å²) in [6.45, 7) is 6.37. The fourth-order valence-corrected chi connectivity index (χ4v) is 3.39. The van der Waals surface area contributed by atoms with Gasteiger partial charge in [-0.25, -0.2) is 0 Å². The maximum Gasteiger partial charge on any atom is 0.236 e. The molecule has 0 bridgehead atoms. The van der Waals surface area contributed by atoms with Crippen molar-refractivity contribution < 1.29 is 9.59 Å². The second-order valence-corrected chi connectivity index (χ2v) is 6.84. The Hall–Kier alpha value is -2.16. The Balaban J connectivity index is 1.72. The van der Waals surface area contributed by atoms with Gasteiger partial charge in [0.05, 0.1) is 38.1 Å². The van der Waals surface area contributed by atoms with Gasteiger partial charge in [-0.1, -0.05) is 0 Å². The molecule has 0 aliphatic carbocycles. The molecular weight excluding hydrogens is 332 g/mol. The van der Waals surface area contributed by atoms with E-state index in [0.29, 0.717) is 26.2 Å². The van der Waals surface area contributed by atoms with Crippen molar-refractivity contribution in [2.45, 2.75) is 25.7 Å². The summed E-state index contributed by atoms with van der Waals surface area (Å²) in [4.78, 5) is 32.5. The topological polar surface area (TPSA) is 94.7 Å². The zero-order chi connectivity index (χ0) is 18.8. The Morgan fingerprint density at radius 1 is 0.808 bits per heavy atom. The lowest BCUT2D eigenvalue weighted by atomic mass is 10.2. The number of nitriles is 2. The zero-order valence-corrected chi connectivity index (χ0v) is 15.4. The van der Waals surface area contributed by atoms with E-state index in [4.69, 9.17) is 10.5 Å². The molecule has 0 unspecified atom stereocenters. The molecule has 2 saturated heterocycles. The molecule has 0 radical (unpaired) electrons. The second kappa shape index (κ2) is 10.7. The highest BCUT2D eigenvalue weighted by atomic mass is 16.2. The van der Waals surface area contributed by atoms with Crippen LogP contribution in [0.25, 0.3) is 0 Å². The minimum absolute atomic E-state index is 0.0305. The summed E-state index contributed by atoms with van der Waals surface area (Å²) in [6, 6.07) is 4.09. The zero-order valence-electron chi connectivity index (χ0n) is 15.4. The van der Waals surface area contributed by atoms with Gasteiger partial charge in [0.1, 0.15) is 0 Å². The lowest BCUT2D eigenvalue weighted by Gasteiger charge is -2.35. The van der Waals surface area contributed by atoms with Gasteiger partial charge in [-0.3, -0.25) is 19.4 Å². The van der Waals surface area contributed by atoms with E-state index in [1.165, 1.54) is 0 Å². The van der Waals surface area contributed by atoms with E-state index >= 15 is 0 Å². The van der Waals surface area contributed by atoms with Crippen molar-refractivity contribution >= 4 is 11.8 Å². The molecular formula is C18H28N6O2. The maximum absolute atomic E-state index is 12.4. The Bertz CT molecular complexity index is 535. The van der Waals surface area contributed by atoms with Crippen LogP contribution in [-0.2, 0) is 9.59 Å². The minimum Gasteiger partial charge on any atom is -0.342 e. The third-order valence-corrected chi connectivity index (χ3v) is 4.98. The first-order chi connectivity index (χ1) is 12.6. The summed E-state index contributed by atoms with van der Waals surface area (Å²) < 4.78 is 0. The summed E-state index contributed by atoms with van der Waals surface area (Å²) in [5.74, 6) is 0.184. The molecule has 2 fully saturated rings. The lowest BCUT2D eigenvalue weighted by Crippen LogP contribution is -2.52. The van der Waals surface area contributed by atoms with Crippen LogP contribution in [0.15, 0.2) is 0 Å². The molecule has 0 spiro atoms. The van der Waals surface area contributed by atoms with E-state index < -0.39 is 0 Å². The number of rotatable bonds is 8. The van der Waals surface area contributed by atoms with E-state index in [1.807, 2.05) is 17.0 Å². The highest BCUT2D eigenvalue weighted by Crippen LogP contribution is 2.09. The van der Waals surface area contributed by atoms with Crippen LogP contribution < -0.4 is 0 Å². The highest BCUT2D eigenvalue weighted by Gasteiger charge is 2.25. The third kappa shape index (κ3) is 6.29. The number of carbonyl (C=O) groups excluding carboxylic acids is 2. The predicted molar refractivity (Wildman–Crippen MR) is 95.7 cm³/mol. The van der Waals surface area contributed by atoms with Crippen molar-refractivity contribution in [2.24, 2.45) is 0 Å². The first-order valence-corrected chi connectivity index (χ1v) is 9.38. The van der Waals surface area contributed by atoms with Crippen molar-refractivity contribution in [2.75, 3.05) is 65.4 Å². The fraction of sp³-hybridized carbons (Fsp3) is 0.778. The summed E-state index contributed by atoms with van der Waals surface area (Å²) in [6.07, 6.45) is 2.78. The number of piperazine rings is 1. The predicted octanol–water partition coefficient (Wildman–Crippen LogP) is -0.118. The van der Waals surface area contributed by atoms with Crippen molar-refractivity contribution in [3.63, 3.8) is 0 Å². The monoisotopic (exact) mass is 360 g/mol. The first-order valence-electron chi connectivity index (χ1n) is 9.38. The standard InChI is InChI=1S/C18H28N6O2/c19-5-3-9-24(10-4-6-20)18(26)16-22-13-11-21(12-14-22)15-17(25)23-7-1-2-8-23/h1-4,7-16H2. The number of amides is 2. The normalized spacial score (nSPS) is 18.3. The average molecular weight is 360 g/mol. The van der Waals surface area contributed by atoms with Gasteiger partial charge in [0.25, 0.3) is 0 Å². The summed E-state index contributed by atoms with van der Waals surface area (Å²) in [7, 11) is 0. The molecule has 0 aromatic carbocycles. The van der Waals surface area contributed by atoms with E-state index in [0.717, 1.165) is 52.1 Å². The van der Waals surface area contributed by atoms with Crippen LogP contribution in [-0.4, -0.2) is 96.9 Å². The molecule has 2 aliphatic heterocycles. The van der Waals surface area contributed by atoms with Crippen LogP contribution in [0.2, 0.25) is 0 Å². The number of carbonyl (C=O) groups is 2. The van der Waals surface area contributed by atoms with Crippen molar-refractivity contribution in [3.8, 4) is 12.1 Å². The van der Waals surface area contributed by atoms with Gasteiger partial charge >= 0.3 is 0 Å². The largest absolute Gasteiger partial charge is 0.342 e. The van der Waals surface area contributed by atoms with Crippen LogP contribution in [0.1, 0.15) is 25.7 Å². The van der Waals surface area contributed by atoms with Crippen LogP contribution in [0.5, 0.6) is 0 Å². The van der Waals surface area contributed by atoms with E-state index in [9.17, 15) is 9.59 Å². The van der Waals surface area contributed by atoms with Crippen molar-refractivity contribution in [3.05, 3.63) is 0 Å².